The Hall–Kier alpha value is -0.890. The highest BCUT2D eigenvalue weighted by Crippen LogP contribution is 2.43. The second-order valence-electron chi connectivity index (χ2n) is 4.86. The smallest absolute Gasteiger partial charge is 0.123 e. The third-order valence-corrected chi connectivity index (χ3v) is 3.98. The molecular weight excluding hydrogens is 189 g/mol. The van der Waals surface area contributed by atoms with Gasteiger partial charge >= 0.3 is 0 Å². The van der Waals surface area contributed by atoms with Crippen molar-refractivity contribution in [3.05, 3.63) is 35.1 Å². The number of piperidine rings is 1. The Kier molecular flexibility index (Phi) is 2.06. The number of hydrogen-bond donors (Lipinski definition) is 1. The zero-order valence-corrected chi connectivity index (χ0v) is 8.85. The summed E-state index contributed by atoms with van der Waals surface area (Å²) < 4.78 is 13.1. The topological polar surface area (TPSA) is 12.0 Å². The SMILES string of the molecule is Fc1ccc2c(c1)CCC21CCCNC1. The summed E-state index contributed by atoms with van der Waals surface area (Å²) in [6.07, 6.45) is 4.75. The van der Waals surface area contributed by atoms with Crippen molar-refractivity contribution in [1.29, 1.82) is 0 Å². The van der Waals surface area contributed by atoms with Crippen molar-refractivity contribution in [2.24, 2.45) is 0 Å². The fourth-order valence-corrected chi connectivity index (χ4v) is 3.21. The number of hydrogen-bond acceptors (Lipinski definition) is 1. The Labute approximate surface area is 89.7 Å². The summed E-state index contributed by atoms with van der Waals surface area (Å²) in [4.78, 5) is 0. The summed E-state index contributed by atoms with van der Waals surface area (Å²) in [5.41, 5.74) is 2.95. The molecule has 1 nitrogen and oxygen atoms in total. The first-order valence-electron chi connectivity index (χ1n) is 5.80. The van der Waals surface area contributed by atoms with E-state index in [9.17, 15) is 4.39 Å². The van der Waals surface area contributed by atoms with Crippen molar-refractivity contribution >= 4 is 0 Å². The van der Waals surface area contributed by atoms with E-state index in [-0.39, 0.29) is 5.82 Å². The second kappa shape index (κ2) is 3.31. The third kappa shape index (κ3) is 1.39. The van der Waals surface area contributed by atoms with Crippen LogP contribution in [0.3, 0.4) is 0 Å². The number of halogens is 1. The molecule has 0 amide bonds. The van der Waals surface area contributed by atoms with Crippen LogP contribution in [0.4, 0.5) is 4.39 Å². The molecule has 1 aromatic carbocycles. The van der Waals surface area contributed by atoms with Gasteiger partial charge in [0.15, 0.2) is 0 Å². The van der Waals surface area contributed by atoms with Crippen LogP contribution in [0.2, 0.25) is 0 Å². The standard InChI is InChI=1S/C13H16FN/c14-11-2-3-12-10(8-11)4-6-13(12)5-1-7-15-9-13/h2-3,8,15H,1,4-7,9H2. The van der Waals surface area contributed by atoms with Crippen LogP contribution < -0.4 is 5.32 Å². The number of aryl methyl sites for hydroxylation is 1. The van der Waals surface area contributed by atoms with Crippen LogP contribution in [0.5, 0.6) is 0 Å². The summed E-state index contributed by atoms with van der Waals surface area (Å²) in [6, 6.07) is 5.34. The van der Waals surface area contributed by atoms with Crippen molar-refractivity contribution in [2.75, 3.05) is 13.1 Å². The number of benzene rings is 1. The Morgan fingerprint density at radius 3 is 3.00 bits per heavy atom. The van der Waals surface area contributed by atoms with E-state index in [2.05, 4.69) is 5.32 Å². The van der Waals surface area contributed by atoms with Gasteiger partial charge in [-0.2, -0.15) is 0 Å². The molecule has 1 aromatic rings. The van der Waals surface area contributed by atoms with Gasteiger partial charge in [-0.25, -0.2) is 4.39 Å². The minimum atomic E-state index is -0.0884. The van der Waals surface area contributed by atoms with E-state index in [1.807, 2.05) is 6.07 Å². The molecule has 1 heterocycles. The van der Waals surface area contributed by atoms with Gasteiger partial charge in [0.25, 0.3) is 0 Å². The number of nitrogens with one attached hydrogen (secondary N) is 1. The van der Waals surface area contributed by atoms with Crippen LogP contribution in [0.15, 0.2) is 18.2 Å². The van der Waals surface area contributed by atoms with Crippen LogP contribution in [0, 0.1) is 5.82 Å². The highest BCUT2D eigenvalue weighted by Gasteiger charge is 2.39. The first-order valence-corrected chi connectivity index (χ1v) is 5.80. The van der Waals surface area contributed by atoms with E-state index in [0.717, 1.165) is 19.5 Å². The molecule has 15 heavy (non-hydrogen) atoms. The molecule has 0 aromatic heterocycles. The molecule has 1 N–H and O–H groups in total. The van der Waals surface area contributed by atoms with Crippen LogP contribution in [-0.4, -0.2) is 13.1 Å². The minimum absolute atomic E-state index is 0.0884. The van der Waals surface area contributed by atoms with Gasteiger partial charge in [-0.05, 0) is 55.5 Å². The highest BCUT2D eigenvalue weighted by molar-refractivity contribution is 5.40. The van der Waals surface area contributed by atoms with Gasteiger partial charge in [-0.1, -0.05) is 6.07 Å². The van der Waals surface area contributed by atoms with Crippen molar-refractivity contribution in [2.45, 2.75) is 31.1 Å². The molecule has 0 bridgehead atoms. The molecule has 3 rings (SSSR count). The van der Waals surface area contributed by atoms with E-state index in [0.29, 0.717) is 5.41 Å². The average molecular weight is 205 g/mol. The van der Waals surface area contributed by atoms with E-state index in [1.54, 1.807) is 12.1 Å². The van der Waals surface area contributed by atoms with Crippen molar-refractivity contribution in [1.82, 2.24) is 5.32 Å². The van der Waals surface area contributed by atoms with E-state index >= 15 is 0 Å². The van der Waals surface area contributed by atoms with Crippen LogP contribution >= 0.6 is 0 Å². The maximum Gasteiger partial charge on any atom is 0.123 e. The average Bonchev–Trinajstić information content (AvgIpc) is 2.58. The molecule has 80 valence electrons. The zero-order chi connectivity index (χ0) is 10.3. The number of fused-ring (bicyclic) bond motifs is 2. The summed E-state index contributed by atoms with van der Waals surface area (Å²) in [7, 11) is 0. The molecule has 2 heteroatoms. The molecule has 0 saturated carbocycles. The predicted octanol–water partition coefficient (Wildman–Crippen LogP) is 2.39. The van der Waals surface area contributed by atoms with Gasteiger partial charge in [0.05, 0.1) is 0 Å². The zero-order valence-electron chi connectivity index (χ0n) is 8.85. The Morgan fingerprint density at radius 1 is 1.27 bits per heavy atom. The predicted molar refractivity (Wildman–Crippen MR) is 58.5 cm³/mol. The lowest BCUT2D eigenvalue weighted by atomic mass is 9.76. The first-order chi connectivity index (χ1) is 7.30. The Balaban J connectivity index is 2.03. The van der Waals surface area contributed by atoms with Crippen LogP contribution in [-0.2, 0) is 11.8 Å². The summed E-state index contributed by atoms with van der Waals surface area (Å²) in [5, 5.41) is 3.48. The summed E-state index contributed by atoms with van der Waals surface area (Å²) in [5.74, 6) is -0.0884. The lowest BCUT2D eigenvalue weighted by Gasteiger charge is -2.35. The van der Waals surface area contributed by atoms with E-state index in [1.165, 1.54) is 30.4 Å². The molecule has 1 atom stereocenters. The van der Waals surface area contributed by atoms with Crippen LogP contribution in [0.25, 0.3) is 0 Å². The van der Waals surface area contributed by atoms with Gasteiger partial charge in [-0.3, -0.25) is 0 Å². The maximum absolute atomic E-state index is 13.1. The third-order valence-electron chi connectivity index (χ3n) is 3.98. The molecule has 1 unspecified atom stereocenters. The van der Waals surface area contributed by atoms with Gasteiger partial charge in [0.2, 0.25) is 0 Å². The van der Waals surface area contributed by atoms with Gasteiger partial charge in [-0.15, -0.1) is 0 Å². The molecule has 2 aliphatic rings. The lowest BCUT2D eigenvalue weighted by Crippen LogP contribution is -2.41. The Bertz CT molecular complexity index is 380. The maximum atomic E-state index is 13.1. The second-order valence-corrected chi connectivity index (χ2v) is 4.86. The van der Waals surface area contributed by atoms with E-state index < -0.39 is 0 Å². The largest absolute Gasteiger partial charge is 0.316 e. The Morgan fingerprint density at radius 2 is 2.20 bits per heavy atom. The lowest BCUT2D eigenvalue weighted by molar-refractivity contribution is 0.311. The fourth-order valence-electron chi connectivity index (χ4n) is 3.21. The minimum Gasteiger partial charge on any atom is -0.316 e. The van der Waals surface area contributed by atoms with Gasteiger partial charge in [0.1, 0.15) is 5.82 Å². The molecule has 1 fully saturated rings. The first kappa shape index (κ1) is 9.34. The van der Waals surface area contributed by atoms with Gasteiger partial charge < -0.3 is 5.32 Å². The molecule has 1 aliphatic heterocycles. The normalized spacial score (nSPS) is 29.4. The monoisotopic (exact) mass is 205 g/mol. The molecule has 1 spiro atoms. The fraction of sp³-hybridized carbons (Fsp3) is 0.538. The summed E-state index contributed by atoms with van der Waals surface area (Å²) >= 11 is 0. The van der Waals surface area contributed by atoms with Gasteiger partial charge in [0, 0.05) is 12.0 Å². The molecular formula is C13H16FN. The molecule has 1 saturated heterocycles. The molecule has 0 radical (unpaired) electrons. The quantitative estimate of drug-likeness (QED) is 0.685. The summed E-state index contributed by atoms with van der Waals surface area (Å²) in [6.45, 7) is 2.21. The molecule has 1 aliphatic carbocycles. The van der Waals surface area contributed by atoms with Crippen molar-refractivity contribution in [3.63, 3.8) is 0 Å². The van der Waals surface area contributed by atoms with Crippen molar-refractivity contribution < 1.29 is 4.39 Å². The number of rotatable bonds is 0. The van der Waals surface area contributed by atoms with Crippen molar-refractivity contribution in [3.8, 4) is 0 Å². The van der Waals surface area contributed by atoms with Crippen LogP contribution in [0.1, 0.15) is 30.4 Å². The van der Waals surface area contributed by atoms with E-state index in [4.69, 9.17) is 0 Å². The highest BCUT2D eigenvalue weighted by atomic mass is 19.1.